The summed E-state index contributed by atoms with van der Waals surface area (Å²) in [6, 6.07) is 0. The first-order valence-electron chi connectivity index (χ1n) is 3.04. The van der Waals surface area contributed by atoms with E-state index in [1.165, 1.54) is 0 Å². The van der Waals surface area contributed by atoms with Gasteiger partial charge >= 0.3 is 6.18 Å². The smallest absolute Gasteiger partial charge is 0.171 e. The zero-order chi connectivity index (χ0) is 8.36. The van der Waals surface area contributed by atoms with E-state index in [0.29, 0.717) is 0 Å². The molecule has 62 valence electrons. The highest BCUT2D eigenvalue weighted by Crippen LogP contribution is 2.28. The topological polar surface area (TPSA) is 0 Å². The van der Waals surface area contributed by atoms with Crippen LogP contribution in [0.2, 0.25) is 0 Å². The van der Waals surface area contributed by atoms with Gasteiger partial charge < -0.3 is 0 Å². The molecule has 4 heteroatoms. The van der Waals surface area contributed by atoms with Gasteiger partial charge in [0.15, 0.2) is 0 Å². The summed E-state index contributed by atoms with van der Waals surface area (Å²) in [4.78, 5) is 0. The first kappa shape index (κ1) is 10.5. The molecule has 0 N–H and O–H groups in total. The van der Waals surface area contributed by atoms with Crippen LogP contribution in [0.5, 0.6) is 0 Å². The van der Waals surface area contributed by atoms with E-state index in [9.17, 15) is 13.2 Å². The maximum Gasteiger partial charge on any atom is 0.390 e. The van der Waals surface area contributed by atoms with E-state index in [-0.39, 0.29) is 9.84 Å². The SMILES string of the molecule is CC(C)C(I)CC(F)(F)F. The Bertz CT molecular complexity index is 97.7. The minimum absolute atomic E-state index is 0.0993. The van der Waals surface area contributed by atoms with Crippen molar-refractivity contribution < 1.29 is 13.2 Å². The van der Waals surface area contributed by atoms with Crippen LogP contribution in [0.25, 0.3) is 0 Å². The molecule has 0 spiro atoms. The van der Waals surface area contributed by atoms with Gasteiger partial charge in [-0.15, -0.1) is 0 Å². The fraction of sp³-hybridized carbons (Fsp3) is 1.00. The van der Waals surface area contributed by atoms with E-state index < -0.39 is 12.6 Å². The molecule has 0 rings (SSSR count). The third kappa shape index (κ3) is 5.32. The second-order valence-corrected chi connectivity index (χ2v) is 4.18. The molecule has 10 heavy (non-hydrogen) atoms. The molecule has 1 atom stereocenters. The van der Waals surface area contributed by atoms with Crippen molar-refractivity contribution >= 4 is 22.6 Å². The fourth-order valence-electron chi connectivity index (χ4n) is 0.457. The third-order valence-corrected chi connectivity index (χ3v) is 3.03. The van der Waals surface area contributed by atoms with Gasteiger partial charge in [-0.3, -0.25) is 0 Å². The monoisotopic (exact) mass is 266 g/mol. The van der Waals surface area contributed by atoms with E-state index in [0.717, 1.165) is 0 Å². The highest BCUT2D eigenvalue weighted by molar-refractivity contribution is 14.1. The number of hydrogen-bond acceptors (Lipinski definition) is 0. The Morgan fingerprint density at radius 2 is 1.70 bits per heavy atom. The summed E-state index contributed by atoms with van der Waals surface area (Å²) in [5.74, 6) is 0.0993. The lowest BCUT2D eigenvalue weighted by Crippen LogP contribution is -2.18. The molecule has 1 unspecified atom stereocenters. The van der Waals surface area contributed by atoms with Crippen LogP contribution in [0.15, 0.2) is 0 Å². The summed E-state index contributed by atoms with van der Waals surface area (Å²) >= 11 is 1.84. The van der Waals surface area contributed by atoms with E-state index in [4.69, 9.17) is 0 Å². The van der Waals surface area contributed by atoms with Crippen LogP contribution in [0.4, 0.5) is 13.2 Å². The molecule has 0 aliphatic heterocycles. The van der Waals surface area contributed by atoms with Crippen LogP contribution in [-0.2, 0) is 0 Å². The normalized spacial score (nSPS) is 15.9. The van der Waals surface area contributed by atoms with Gasteiger partial charge in [-0.25, -0.2) is 0 Å². The summed E-state index contributed by atoms with van der Waals surface area (Å²) in [6.45, 7) is 3.59. The Morgan fingerprint density at radius 1 is 1.30 bits per heavy atom. The van der Waals surface area contributed by atoms with Gasteiger partial charge in [-0.2, -0.15) is 13.2 Å². The summed E-state index contributed by atoms with van der Waals surface area (Å²) in [5.41, 5.74) is 0. The number of halogens is 4. The van der Waals surface area contributed by atoms with Crippen LogP contribution in [0.3, 0.4) is 0 Å². The van der Waals surface area contributed by atoms with E-state index in [1.807, 2.05) is 22.6 Å². The summed E-state index contributed by atoms with van der Waals surface area (Å²) < 4.78 is 34.7. The number of alkyl halides is 4. The van der Waals surface area contributed by atoms with Crippen LogP contribution in [-0.4, -0.2) is 10.1 Å². The lowest BCUT2D eigenvalue weighted by atomic mass is 10.1. The Labute approximate surface area is 72.3 Å². The molecule has 0 amide bonds. The van der Waals surface area contributed by atoms with Crippen molar-refractivity contribution in [3.63, 3.8) is 0 Å². The van der Waals surface area contributed by atoms with Crippen molar-refractivity contribution in [3.8, 4) is 0 Å². The van der Waals surface area contributed by atoms with Gasteiger partial charge in [0, 0.05) is 3.92 Å². The minimum atomic E-state index is -4.00. The largest absolute Gasteiger partial charge is 0.390 e. The maximum absolute atomic E-state index is 11.7. The zero-order valence-electron chi connectivity index (χ0n) is 5.87. The van der Waals surface area contributed by atoms with Crippen molar-refractivity contribution in [3.05, 3.63) is 0 Å². The molecular formula is C6H10F3I. The molecule has 0 saturated heterocycles. The molecule has 0 radical (unpaired) electrons. The summed E-state index contributed by atoms with van der Waals surface area (Å²) in [7, 11) is 0. The average Bonchev–Trinajstić information content (AvgIpc) is 1.60. The van der Waals surface area contributed by atoms with Crippen molar-refractivity contribution in [1.29, 1.82) is 0 Å². The van der Waals surface area contributed by atoms with Crippen molar-refractivity contribution in [2.45, 2.75) is 30.4 Å². The number of rotatable bonds is 2. The lowest BCUT2D eigenvalue weighted by molar-refractivity contribution is -0.134. The Balaban J connectivity index is 3.68. The van der Waals surface area contributed by atoms with Crippen LogP contribution in [0, 0.1) is 5.92 Å². The highest BCUT2D eigenvalue weighted by Gasteiger charge is 2.31. The predicted octanol–water partition coefficient (Wildman–Crippen LogP) is 3.40. The second-order valence-electron chi connectivity index (χ2n) is 2.58. The molecule has 0 aromatic carbocycles. The maximum atomic E-state index is 11.7. The van der Waals surface area contributed by atoms with Crippen LogP contribution >= 0.6 is 22.6 Å². The van der Waals surface area contributed by atoms with Gasteiger partial charge in [0.2, 0.25) is 0 Å². The molecule has 0 saturated carbocycles. The standard InChI is InChI=1S/C6H10F3I/c1-4(2)5(10)3-6(7,8)9/h4-5H,3H2,1-2H3. The van der Waals surface area contributed by atoms with Crippen molar-refractivity contribution in [2.75, 3.05) is 0 Å². The molecule has 0 bridgehead atoms. The second kappa shape index (κ2) is 3.78. The van der Waals surface area contributed by atoms with Crippen LogP contribution < -0.4 is 0 Å². The Kier molecular flexibility index (Phi) is 3.98. The van der Waals surface area contributed by atoms with Crippen molar-refractivity contribution in [2.24, 2.45) is 5.92 Å². The zero-order valence-corrected chi connectivity index (χ0v) is 8.03. The van der Waals surface area contributed by atoms with Gasteiger partial charge in [0.1, 0.15) is 0 Å². The molecule has 0 aliphatic rings. The molecule has 0 fully saturated rings. The average molecular weight is 266 g/mol. The molecule has 0 nitrogen and oxygen atoms in total. The minimum Gasteiger partial charge on any atom is -0.171 e. The number of hydrogen-bond donors (Lipinski definition) is 0. The van der Waals surface area contributed by atoms with E-state index >= 15 is 0 Å². The van der Waals surface area contributed by atoms with Gasteiger partial charge in [0.25, 0.3) is 0 Å². The molecule has 0 heterocycles. The first-order valence-corrected chi connectivity index (χ1v) is 4.28. The Hall–Kier alpha value is 0.520. The molecule has 0 aromatic rings. The summed E-state index contributed by atoms with van der Waals surface area (Å²) in [5, 5.41) is 0. The quantitative estimate of drug-likeness (QED) is 0.530. The van der Waals surface area contributed by atoms with E-state index in [2.05, 4.69) is 0 Å². The van der Waals surface area contributed by atoms with Crippen LogP contribution in [0.1, 0.15) is 20.3 Å². The molecule has 0 aliphatic carbocycles. The Morgan fingerprint density at radius 3 is 1.80 bits per heavy atom. The van der Waals surface area contributed by atoms with Gasteiger partial charge in [-0.1, -0.05) is 36.4 Å². The van der Waals surface area contributed by atoms with Crippen molar-refractivity contribution in [1.82, 2.24) is 0 Å². The third-order valence-electron chi connectivity index (χ3n) is 1.15. The van der Waals surface area contributed by atoms with Gasteiger partial charge in [0.05, 0.1) is 6.42 Å². The first-order chi connectivity index (χ1) is 4.33. The molecule has 0 aromatic heterocycles. The highest BCUT2D eigenvalue weighted by atomic mass is 127. The predicted molar refractivity (Wildman–Crippen MR) is 43.3 cm³/mol. The van der Waals surface area contributed by atoms with Gasteiger partial charge in [-0.05, 0) is 5.92 Å². The van der Waals surface area contributed by atoms with E-state index in [1.54, 1.807) is 13.8 Å². The fourth-order valence-corrected chi connectivity index (χ4v) is 0.956. The molecular weight excluding hydrogens is 256 g/mol. The summed E-state index contributed by atoms with van der Waals surface area (Å²) in [6.07, 6.45) is -4.68. The lowest BCUT2D eigenvalue weighted by Gasteiger charge is -2.15.